The number of morpholine rings is 1. The van der Waals surface area contributed by atoms with E-state index >= 15 is 0 Å². The van der Waals surface area contributed by atoms with Crippen LogP contribution >= 0.6 is 0 Å². The molecule has 0 bridgehead atoms. The van der Waals surface area contributed by atoms with E-state index in [1.807, 2.05) is 42.0 Å². The maximum Gasteiger partial charge on any atom is 0.220 e. The number of ether oxygens (including phenoxy) is 2. The molecule has 1 amide bonds. The lowest BCUT2D eigenvalue weighted by Crippen LogP contribution is -2.36. The second kappa shape index (κ2) is 7.95. The minimum atomic E-state index is -0.0884. The standard InChI is InChI=1S/C22H25N5O3/c1-15(16-11-22(28)24-12-16)30-21-10-17(14-27-20(21)4-5-25-27)19-3-2-18(13-23-19)26-6-8-29-9-7-26/h2-5,10,13-16H,6-9,11-12H2,1H3,(H,24,28)/t15-,16?/m1/s1. The van der Waals surface area contributed by atoms with Crippen molar-refractivity contribution in [1.29, 1.82) is 0 Å². The minimum Gasteiger partial charge on any atom is -0.488 e. The number of hydrogen-bond donors (Lipinski definition) is 1. The molecule has 0 radical (unpaired) electrons. The van der Waals surface area contributed by atoms with Gasteiger partial charge in [-0.05, 0) is 31.2 Å². The van der Waals surface area contributed by atoms with Crippen molar-refractivity contribution in [2.75, 3.05) is 37.7 Å². The Morgan fingerprint density at radius 1 is 1.27 bits per heavy atom. The lowest BCUT2D eigenvalue weighted by atomic mass is 10.0. The Kier molecular flexibility index (Phi) is 5.00. The van der Waals surface area contributed by atoms with Gasteiger partial charge in [-0.15, -0.1) is 0 Å². The van der Waals surface area contributed by atoms with Gasteiger partial charge in [0.25, 0.3) is 0 Å². The van der Waals surface area contributed by atoms with Gasteiger partial charge in [0.2, 0.25) is 5.91 Å². The Morgan fingerprint density at radius 2 is 2.13 bits per heavy atom. The average Bonchev–Trinajstić information content (AvgIpc) is 3.43. The molecule has 2 aliphatic heterocycles. The summed E-state index contributed by atoms with van der Waals surface area (Å²) < 4.78 is 13.5. The molecule has 0 saturated carbocycles. The van der Waals surface area contributed by atoms with E-state index in [1.54, 1.807) is 6.20 Å². The predicted molar refractivity (Wildman–Crippen MR) is 113 cm³/mol. The van der Waals surface area contributed by atoms with Gasteiger partial charge in [-0.1, -0.05) is 0 Å². The first-order valence-electron chi connectivity index (χ1n) is 10.4. The van der Waals surface area contributed by atoms with E-state index in [1.165, 1.54) is 0 Å². The SMILES string of the molecule is C[C@@H](Oc1cc(-c2ccc(N3CCOCC3)cn2)cn2nccc12)C1CNC(=O)C1. The number of rotatable bonds is 5. The fourth-order valence-corrected chi connectivity index (χ4v) is 4.05. The van der Waals surface area contributed by atoms with E-state index in [2.05, 4.69) is 26.4 Å². The van der Waals surface area contributed by atoms with E-state index in [0.717, 1.165) is 54.5 Å². The van der Waals surface area contributed by atoms with Crippen LogP contribution in [0.5, 0.6) is 5.75 Å². The van der Waals surface area contributed by atoms with Crippen molar-refractivity contribution in [2.45, 2.75) is 19.4 Å². The average molecular weight is 407 g/mol. The maximum atomic E-state index is 11.6. The molecule has 0 spiro atoms. The number of pyridine rings is 2. The molecular weight excluding hydrogens is 382 g/mol. The highest BCUT2D eigenvalue weighted by atomic mass is 16.5. The zero-order chi connectivity index (χ0) is 20.5. The van der Waals surface area contributed by atoms with Gasteiger partial charge < -0.3 is 19.7 Å². The van der Waals surface area contributed by atoms with Crippen LogP contribution in [0.2, 0.25) is 0 Å². The molecule has 8 heteroatoms. The summed E-state index contributed by atoms with van der Waals surface area (Å²) >= 11 is 0. The van der Waals surface area contributed by atoms with Gasteiger partial charge in [0.05, 0.1) is 37.0 Å². The number of carbonyl (C=O) groups excluding carboxylic acids is 1. The summed E-state index contributed by atoms with van der Waals surface area (Å²) in [4.78, 5) is 18.5. The third kappa shape index (κ3) is 3.70. The molecule has 5 rings (SSSR count). The van der Waals surface area contributed by atoms with Crippen LogP contribution in [-0.2, 0) is 9.53 Å². The summed E-state index contributed by atoms with van der Waals surface area (Å²) in [5.41, 5.74) is 3.79. The van der Waals surface area contributed by atoms with Gasteiger partial charge in [0.1, 0.15) is 17.4 Å². The van der Waals surface area contributed by atoms with Crippen molar-refractivity contribution >= 4 is 17.1 Å². The molecule has 3 aromatic rings. The van der Waals surface area contributed by atoms with Gasteiger partial charge in [-0.25, -0.2) is 4.52 Å². The highest BCUT2D eigenvalue weighted by Crippen LogP contribution is 2.30. The molecule has 1 unspecified atom stereocenters. The Balaban J connectivity index is 1.41. The number of nitrogens with one attached hydrogen (secondary N) is 1. The van der Waals surface area contributed by atoms with Crippen molar-refractivity contribution in [3.05, 3.63) is 42.9 Å². The molecule has 8 nitrogen and oxygen atoms in total. The third-order valence-electron chi connectivity index (χ3n) is 5.88. The topological polar surface area (TPSA) is 81.0 Å². The number of nitrogens with zero attached hydrogens (tertiary/aromatic N) is 4. The highest BCUT2D eigenvalue weighted by molar-refractivity contribution is 5.78. The first-order valence-corrected chi connectivity index (χ1v) is 10.4. The van der Waals surface area contributed by atoms with E-state index in [0.29, 0.717) is 13.0 Å². The van der Waals surface area contributed by atoms with Crippen LogP contribution in [-0.4, -0.2) is 59.5 Å². The second-order valence-corrected chi connectivity index (χ2v) is 7.85. The van der Waals surface area contributed by atoms with E-state index < -0.39 is 0 Å². The number of aromatic nitrogens is 3. The molecule has 0 aromatic carbocycles. The number of carbonyl (C=O) groups is 1. The lowest BCUT2D eigenvalue weighted by Gasteiger charge is -2.28. The summed E-state index contributed by atoms with van der Waals surface area (Å²) in [7, 11) is 0. The largest absolute Gasteiger partial charge is 0.488 e. The van der Waals surface area contributed by atoms with Crippen LogP contribution in [0.1, 0.15) is 13.3 Å². The number of amides is 1. The monoisotopic (exact) mass is 407 g/mol. The van der Waals surface area contributed by atoms with Gasteiger partial charge in [0, 0.05) is 43.7 Å². The van der Waals surface area contributed by atoms with Crippen LogP contribution < -0.4 is 15.0 Å². The molecule has 2 saturated heterocycles. The van der Waals surface area contributed by atoms with Crippen LogP contribution in [0.3, 0.4) is 0 Å². The van der Waals surface area contributed by atoms with E-state index in [-0.39, 0.29) is 17.9 Å². The first kappa shape index (κ1) is 18.9. The Bertz CT molecular complexity index is 1040. The Labute approximate surface area is 174 Å². The van der Waals surface area contributed by atoms with Gasteiger partial charge in [-0.2, -0.15) is 5.10 Å². The second-order valence-electron chi connectivity index (χ2n) is 7.85. The van der Waals surface area contributed by atoms with Crippen LogP contribution in [0.4, 0.5) is 5.69 Å². The van der Waals surface area contributed by atoms with Crippen molar-refractivity contribution in [3.8, 4) is 17.0 Å². The molecule has 5 heterocycles. The zero-order valence-corrected chi connectivity index (χ0v) is 17.0. The normalized spacial score (nSPS) is 20.4. The smallest absolute Gasteiger partial charge is 0.220 e. The molecule has 1 N–H and O–H groups in total. The maximum absolute atomic E-state index is 11.6. The summed E-state index contributed by atoms with van der Waals surface area (Å²) in [6.45, 7) is 5.93. The van der Waals surface area contributed by atoms with Crippen LogP contribution in [0.15, 0.2) is 42.9 Å². The molecule has 156 valence electrons. The van der Waals surface area contributed by atoms with Crippen LogP contribution in [0.25, 0.3) is 16.8 Å². The van der Waals surface area contributed by atoms with Gasteiger partial charge in [-0.3, -0.25) is 9.78 Å². The lowest BCUT2D eigenvalue weighted by molar-refractivity contribution is -0.119. The molecular formula is C22H25N5O3. The van der Waals surface area contributed by atoms with Gasteiger partial charge in [0.15, 0.2) is 0 Å². The zero-order valence-electron chi connectivity index (χ0n) is 17.0. The molecule has 2 fully saturated rings. The van der Waals surface area contributed by atoms with Crippen molar-refractivity contribution in [2.24, 2.45) is 5.92 Å². The summed E-state index contributed by atoms with van der Waals surface area (Å²) in [6, 6.07) is 8.06. The Morgan fingerprint density at radius 3 is 2.87 bits per heavy atom. The Hall–Kier alpha value is -3.13. The molecule has 2 atom stereocenters. The fourth-order valence-electron chi connectivity index (χ4n) is 4.05. The molecule has 2 aliphatic rings. The number of fused-ring (bicyclic) bond motifs is 1. The molecule has 30 heavy (non-hydrogen) atoms. The van der Waals surface area contributed by atoms with Gasteiger partial charge >= 0.3 is 0 Å². The molecule has 3 aromatic heterocycles. The fraction of sp³-hybridized carbons (Fsp3) is 0.409. The molecule has 0 aliphatic carbocycles. The quantitative estimate of drug-likeness (QED) is 0.698. The number of hydrogen-bond acceptors (Lipinski definition) is 6. The summed E-state index contributed by atoms with van der Waals surface area (Å²) in [6.07, 6.45) is 6.04. The summed E-state index contributed by atoms with van der Waals surface area (Å²) in [5, 5.41) is 7.27. The minimum absolute atomic E-state index is 0.0864. The van der Waals surface area contributed by atoms with E-state index in [4.69, 9.17) is 9.47 Å². The van der Waals surface area contributed by atoms with Crippen LogP contribution in [0, 0.1) is 5.92 Å². The van der Waals surface area contributed by atoms with Crippen molar-refractivity contribution < 1.29 is 14.3 Å². The third-order valence-corrected chi connectivity index (χ3v) is 5.88. The van der Waals surface area contributed by atoms with Crippen molar-refractivity contribution in [1.82, 2.24) is 19.9 Å². The first-order chi connectivity index (χ1) is 14.7. The highest BCUT2D eigenvalue weighted by Gasteiger charge is 2.28. The number of anilines is 1. The summed E-state index contributed by atoms with van der Waals surface area (Å²) in [5.74, 6) is 0.995. The predicted octanol–water partition coefficient (Wildman–Crippen LogP) is 2.14. The van der Waals surface area contributed by atoms with E-state index in [9.17, 15) is 4.79 Å². The van der Waals surface area contributed by atoms with Crippen molar-refractivity contribution in [3.63, 3.8) is 0 Å².